The van der Waals surface area contributed by atoms with Crippen LogP contribution in [0.2, 0.25) is 0 Å². The number of carbonyl (C=O) groups excluding carboxylic acids is 1. The Kier molecular flexibility index (Phi) is 5.35. The average Bonchev–Trinajstić information content (AvgIpc) is 2.25. The number of carbonyl (C=O) groups is 1. The summed E-state index contributed by atoms with van der Waals surface area (Å²) >= 11 is 0. The van der Waals surface area contributed by atoms with Gasteiger partial charge in [0.1, 0.15) is 0 Å². The van der Waals surface area contributed by atoms with E-state index < -0.39 is 0 Å². The van der Waals surface area contributed by atoms with Gasteiger partial charge in [-0.1, -0.05) is 19.9 Å². The highest BCUT2D eigenvalue weighted by molar-refractivity contribution is 5.89. The predicted octanol–water partition coefficient (Wildman–Crippen LogP) is 2.87. The highest BCUT2D eigenvalue weighted by atomic mass is 16.5. The zero-order valence-corrected chi connectivity index (χ0v) is 12.0. The molecule has 0 heterocycles. The smallest absolute Gasteiger partial charge is 0.337 e. The Bertz CT molecular complexity index is 413. The number of nitrogens with zero attached hydrogens (tertiary/aromatic N) is 1. The van der Waals surface area contributed by atoms with Gasteiger partial charge < -0.3 is 9.64 Å². The summed E-state index contributed by atoms with van der Waals surface area (Å²) in [6, 6.07) is 5.89. The first-order valence-corrected chi connectivity index (χ1v) is 6.29. The highest BCUT2D eigenvalue weighted by Crippen LogP contribution is 2.13. The number of benzene rings is 1. The minimum Gasteiger partial charge on any atom is -0.465 e. The summed E-state index contributed by atoms with van der Waals surface area (Å²) in [4.78, 5) is 13.8. The van der Waals surface area contributed by atoms with Crippen LogP contribution in [0, 0.1) is 12.8 Å². The molecular weight excluding hydrogens is 226 g/mol. The molecule has 0 atom stereocenters. The molecule has 100 valence electrons. The van der Waals surface area contributed by atoms with E-state index >= 15 is 0 Å². The highest BCUT2D eigenvalue weighted by Gasteiger charge is 2.09. The molecule has 0 saturated carbocycles. The Hall–Kier alpha value is -1.35. The van der Waals surface area contributed by atoms with Crippen LogP contribution in [0.5, 0.6) is 0 Å². The van der Waals surface area contributed by atoms with Gasteiger partial charge in [-0.2, -0.15) is 0 Å². The SMILES string of the molecule is COC(=O)c1cc(C)cc(CN(C)CC(C)C)c1. The van der Waals surface area contributed by atoms with Crippen LogP contribution in [0.3, 0.4) is 0 Å². The summed E-state index contributed by atoms with van der Waals surface area (Å²) < 4.78 is 4.76. The quantitative estimate of drug-likeness (QED) is 0.751. The third-order valence-corrected chi connectivity index (χ3v) is 2.69. The molecule has 3 nitrogen and oxygen atoms in total. The first-order valence-electron chi connectivity index (χ1n) is 6.29. The van der Waals surface area contributed by atoms with Gasteiger partial charge in [0.15, 0.2) is 0 Å². The average molecular weight is 249 g/mol. The van der Waals surface area contributed by atoms with E-state index in [0.29, 0.717) is 11.5 Å². The largest absolute Gasteiger partial charge is 0.465 e. The van der Waals surface area contributed by atoms with Crippen LogP contribution in [-0.2, 0) is 11.3 Å². The van der Waals surface area contributed by atoms with E-state index in [2.05, 4.69) is 31.9 Å². The number of methoxy groups -OCH3 is 1. The topological polar surface area (TPSA) is 29.5 Å². The van der Waals surface area contributed by atoms with Crippen molar-refractivity contribution in [2.45, 2.75) is 27.3 Å². The van der Waals surface area contributed by atoms with E-state index in [1.54, 1.807) is 0 Å². The van der Waals surface area contributed by atoms with Crippen LogP contribution < -0.4 is 0 Å². The van der Waals surface area contributed by atoms with E-state index in [4.69, 9.17) is 4.74 Å². The summed E-state index contributed by atoms with van der Waals surface area (Å²) in [5.41, 5.74) is 2.87. The summed E-state index contributed by atoms with van der Waals surface area (Å²) in [6.45, 7) is 8.29. The van der Waals surface area contributed by atoms with Crippen molar-refractivity contribution in [1.29, 1.82) is 0 Å². The zero-order valence-electron chi connectivity index (χ0n) is 12.0. The maximum Gasteiger partial charge on any atom is 0.337 e. The van der Waals surface area contributed by atoms with Crippen LogP contribution in [0.4, 0.5) is 0 Å². The summed E-state index contributed by atoms with van der Waals surface area (Å²) in [7, 11) is 3.51. The molecule has 18 heavy (non-hydrogen) atoms. The molecule has 0 fully saturated rings. The molecule has 0 aliphatic carbocycles. The second-order valence-corrected chi connectivity index (χ2v) is 5.29. The van der Waals surface area contributed by atoms with E-state index in [-0.39, 0.29) is 5.97 Å². The normalized spacial score (nSPS) is 11.1. The second-order valence-electron chi connectivity index (χ2n) is 5.29. The number of esters is 1. The molecule has 0 N–H and O–H groups in total. The second kappa shape index (κ2) is 6.55. The lowest BCUT2D eigenvalue weighted by Crippen LogP contribution is -2.22. The van der Waals surface area contributed by atoms with Gasteiger partial charge >= 0.3 is 5.97 Å². The molecule has 0 aliphatic heterocycles. The van der Waals surface area contributed by atoms with Gasteiger partial charge in [0, 0.05) is 13.1 Å². The predicted molar refractivity (Wildman–Crippen MR) is 73.7 cm³/mol. The molecule has 0 amide bonds. The monoisotopic (exact) mass is 249 g/mol. The lowest BCUT2D eigenvalue weighted by molar-refractivity contribution is 0.0600. The van der Waals surface area contributed by atoms with Gasteiger partial charge in [-0.25, -0.2) is 4.79 Å². The first-order chi connectivity index (χ1) is 8.42. The van der Waals surface area contributed by atoms with Crippen LogP contribution in [0.1, 0.15) is 35.3 Å². The third kappa shape index (κ3) is 4.49. The molecule has 1 aromatic carbocycles. The van der Waals surface area contributed by atoms with Gasteiger partial charge in [0.2, 0.25) is 0 Å². The van der Waals surface area contributed by atoms with Gasteiger partial charge in [0.25, 0.3) is 0 Å². The van der Waals surface area contributed by atoms with Gasteiger partial charge in [-0.05, 0) is 43.1 Å². The summed E-state index contributed by atoms with van der Waals surface area (Å²) in [5.74, 6) is 0.367. The van der Waals surface area contributed by atoms with Crippen molar-refractivity contribution in [3.8, 4) is 0 Å². The number of aryl methyl sites for hydroxylation is 1. The minimum atomic E-state index is -0.272. The van der Waals surface area contributed by atoms with E-state index in [9.17, 15) is 4.79 Å². The van der Waals surface area contributed by atoms with Crippen molar-refractivity contribution < 1.29 is 9.53 Å². The maximum atomic E-state index is 11.5. The molecule has 0 saturated heterocycles. The number of hydrogen-bond donors (Lipinski definition) is 0. The van der Waals surface area contributed by atoms with Crippen molar-refractivity contribution in [1.82, 2.24) is 4.90 Å². The molecule has 0 aliphatic rings. The molecule has 3 heteroatoms. The standard InChI is InChI=1S/C15H23NO2/c1-11(2)9-16(4)10-13-6-12(3)7-14(8-13)15(17)18-5/h6-8,11H,9-10H2,1-5H3. The fourth-order valence-corrected chi connectivity index (χ4v) is 2.19. The van der Waals surface area contributed by atoms with Gasteiger partial charge in [-0.15, -0.1) is 0 Å². The Morgan fingerprint density at radius 2 is 2.00 bits per heavy atom. The molecule has 0 radical (unpaired) electrons. The van der Waals surface area contributed by atoms with Crippen LogP contribution >= 0.6 is 0 Å². The lowest BCUT2D eigenvalue weighted by Gasteiger charge is -2.19. The minimum absolute atomic E-state index is 0.272. The van der Waals surface area contributed by atoms with Crippen LogP contribution in [0.25, 0.3) is 0 Å². The van der Waals surface area contributed by atoms with Gasteiger partial charge in [0.05, 0.1) is 12.7 Å². The number of hydrogen-bond acceptors (Lipinski definition) is 3. The van der Waals surface area contributed by atoms with E-state index in [1.165, 1.54) is 7.11 Å². The Labute approximate surface area is 110 Å². The van der Waals surface area contributed by atoms with Crippen molar-refractivity contribution in [2.75, 3.05) is 20.7 Å². The molecule has 0 aromatic heterocycles. The van der Waals surface area contributed by atoms with Crippen molar-refractivity contribution >= 4 is 5.97 Å². The number of rotatable bonds is 5. The third-order valence-electron chi connectivity index (χ3n) is 2.69. The lowest BCUT2D eigenvalue weighted by atomic mass is 10.1. The van der Waals surface area contributed by atoms with Crippen LogP contribution in [0.15, 0.2) is 18.2 Å². The molecule has 0 spiro atoms. The van der Waals surface area contributed by atoms with Crippen molar-refractivity contribution in [3.05, 3.63) is 34.9 Å². The molecule has 1 rings (SSSR count). The van der Waals surface area contributed by atoms with Gasteiger partial charge in [-0.3, -0.25) is 0 Å². The zero-order chi connectivity index (χ0) is 13.7. The van der Waals surface area contributed by atoms with Crippen molar-refractivity contribution in [2.24, 2.45) is 5.92 Å². The molecular formula is C15H23NO2. The van der Waals surface area contributed by atoms with E-state index in [1.807, 2.05) is 19.1 Å². The maximum absolute atomic E-state index is 11.5. The Morgan fingerprint density at radius 3 is 2.56 bits per heavy atom. The molecule has 0 unspecified atom stereocenters. The van der Waals surface area contributed by atoms with Crippen LogP contribution in [-0.4, -0.2) is 31.6 Å². The Balaban J connectivity index is 2.83. The molecule has 0 bridgehead atoms. The number of ether oxygens (including phenoxy) is 1. The van der Waals surface area contributed by atoms with E-state index in [0.717, 1.165) is 24.2 Å². The summed E-state index contributed by atoms with van der Waals surface area (Å²) in [6.07, 6.45) is 0. The fraction of sp³-hybridized carbons (Fsp3) is 0.533. The molecule has 1 aromatic rings. The Morgan fingerprint density at radius 1 is 1.33 bits per heavy atom. The fourth-order valence-electron chi connectivity index (χ4n) is 2.19. The summed E-state index contributed by atoms with van der Waals surface area (Å²) in [5, 5.41) is 0. The first kappa shape index (κ1) is 14.7. The van der Waals surface area contributed by atoms with Crippen molar-refractivity contribution in [3.63, 3.8) is 0 Å².